The van der Waals surface area contributed by atoms with Crippen LogP contribution in [0.1, 0.15) is 45.1 Å². The Morgan fingerprint density at radius 2 is 2.21 bits per heavy atom. The molecular formula is C11H20N2O. The monoisotopic (exact) mass is 196 g/mol. The number of aliphatic hydroxyl groups is 1. The Balaban J connectivity index is 2.56. The van der Waals surface area contributed by atoms with Gasteiger partial charge in [-0.15, -0.1) is 0 Å². The molecule has 1 atom stereocenters. The molecule has 1 heterocycles. The lowest BCUT2D eigenvalue weighted by Gasteiger charge is -2.21. The Hall–Kier alpha value is -0.830. The van der Waals surface area contributed by atoms with Gasteiger partial charge in [-0.25, -0.2) is 0 Å². The van der Waals surface area contributed by atoms with Crippen LogP contribution in [0.2, 0.25) is 0 Å². The van der Waals surface area contributed by atoms with Gasteiger partial charge in [-0.3, -0.25) is 4.68 Å². The molecule has 0 fully saturated rings. The van der Waals surface area contributed by atoms with Crippen LogP contribution in [0.5, 0.6) is 0 Å². The van der Waals surface area contributed by atoms with Gasteiger partial charge in [0, 0.05) is 18.8 Å². The summed E-state index contributed by atoms with van der Waals surface area (Å²) in [5, 5.41) is 14.2. The summed E-state index contributed by atoms with van der Waals surface area (Å²) < 4.78 is 1.73. The van der Waals surface area contributed by atoms with E-state index in [1.54, 1.807) is 10.9 Å². The summed E-state index contributed by atoms with van der Waals surface area (Å²) in [6.45, 7) is 4.03. The van der Waals surface area contributed by atoms with Gasteiger partial charge in [0.15, 0.2) is 0 Å². The van der Waals surface area contributed by atoms with Crippen molar-refractivity contribution in [2.45, 2.75) is 45.1 Å². The van der Waals surface area contributed by atoms with Crippen molar-refractivity contribution in [1.29, 1.82) is 0 Å². The molecule has 1 N–H and O–H groups in total. The predicted molar refractivity (Wildman–Crippen MR) is 56.9 cm³/mol. The van der Waals surface area contributed by atoms with Gasteiger partial charge in [0.2, 0.25) is 0 Å². The van der Waals surface area contributed by atoms with Gasteiger partial charge in [-0.05, 0) is 13.3 Å². The number of hydrogen-bond acceptors (Lipinski definition) is 2. The fourth-order valence-corrected chi connectivity index (χ4v) is 1.56. The van der Waals surface area contributed by atoms with Crippen LogP contribution in [0, 0.1) is 0 Å². The maximum Gasteiger partial charge on any atom is 0.0898 e. The maximum atomic E-state index is 10.2. The molecule has 0 radical (unpaired) electrons. The molecule has 80 valence electrons. The van der Waals surface area contributed by atoms with Crippen molar-refractivity contribution in [3.05, 3.63) is 18.0 Å². The van der Waals surface area contributed by atoms with E-state index in [4.69, 9.17) is 0 Å². The van der Waals surface area contributed by atoms with E-state index in [1.165, 1.54) is 12.8 Å². The summed E-state index contributed by atoms with van der Waals surface area (Å²) >= 11 is 0. The maximum absolute atomic E-state index is 10.2. The van der Waals surface area contributed by atoms with E-state index >= 15 is 0 Å². The van der Waals surface area contributed by atoms with Crippen molar-refractivity contribution in [2.24, 2.45) is 7.05 Å². The first-order valence-electron chi connectivity index (χ1n) is 5.28. The van der Waals surface area contributed by atoms with Gasteiger partial charge in [0.05, 0.1) is 11.8 Å². The van der Waals surface area contributed by atoms with Crippen LogP contribution in [0.25, 0.3) is 0 Å². The van der Waals surface area contributed by atoms with Crippen LogP contribution in [0.3, 0.4) is 0 Å². The van der Waals surface area contributed by atoms with Crippen LogP contribution in [0.15, 0.2) is 12.4 Å². The number of hydrogen-bond donors (Lipinski definition) is 1. The highest BCUT2D eigenvalue weighted by Crippen LogP contribution is 2.26. The zero-order valence-corrected chi connectivity index (χ0v) is 9.32. The van der Waals surface area contributed by atoms with Crippen molar-refractivity contribution in [3.63, 3.8) is 0 Å². The zero-order valence-electron chi connectivity index (χ0n) is 9.32. The van der Waals surface area contributed by atoms with Gasteiger partial charge in [-0.1, -0.05) is 26.2 Å². The summed E-state index contributed by atoms with van der Waals surface area (Å²) in [5.74, 6) is 0. The molecular weight excluding hydrogens is 176 g/mol. The lowest BCUT2D eigenvalue weighted by molar-refractivity contribution is 0.0449. The van der Waals surface area contributed by atoms with Crippen molar-refractivity contribution in [3.8, 4) is 0 Å². The SMILES string of the molecule is CCCCCC(C)(O)c1cnn(C)c1. The largest absolute Gasteiger partial charge is 0.385 e. The van der Waals surface area contributed by atoms with Crippen LogP contribution in [-0.4, -0.2) is 14.9 Å². The molecule has 0 aliphatic carbocycles. The fraction of sp³-hybridized carbons (Fsp3) is 0.727. The molecule has 0 aliphatic heterocycles. The minimum Gasteiger partial charge on any atom is -0.385 e. The minimum atomic E-state index is -0.719. The fourth-order valence-electron chi connectivity index (χ4n) is 1.56. The van der Waals surface area contributed by atoms with Gasteiger partial charge in [0.1, 0.15) is 0 Å². The topological polar surface area (TPSA) is 38.1 Å². The Morgan fingerprint density at radius 1 is 1.50 bits per heavy atom. The average molecular weight is 196 g/mol. The molecule has 3 heteroatoms. The molecule has 0 saturated carbocycles. The van der Waals surface area contributed by atoms with Gasteiger partial charge in [0.25, 0.3) is 0 Å². The van der Waals surface area contributed by atoms with E-state index in [-0.39, 0.29) is 0 Å². The Kier molecular flexibility index (Phi) is 3.69. The number of unbranched alkanes of at least 4 members (excludes halogenated alkanes) is 2. The third kappa shape index (κ3) is 2.84. The number of aryl methyl sites for hydroxylation is 1. The lowest BCUT2D eigenvalue weighted by Crippen LogP contribution is -2.20. The second-order valence-electron chi connectivity index (χ2n) is 4.13. The van der Waals surface area contributed by atoms with Gasteiger partial charge < -0.3 is 5.11 Å². The molecule has 0 bridgehead atoms. The molecule has 1 aromatic heterocycles. The lowest BCUT2D eigenvalue weighted by atomic mass is 9.93. The highest BCUT2D eigenvalue weighted by molar-refractivity contribution is 5.13. The van der Waals surface area contributed by atoms with Crippen molar-refractivity contribution in [1.82, 2.24) is 9.78 Å². The van der Waals surface area contributed by atoms with Crippen LogP contribution in [-0.2, 0) is 12.6 Å². The second kappa shape index (κ2) is 4.60. The summed E-state index contributed by atoms with van der Waals surface area (Å²) in [6, 6.07) is 0. The number of aromatic nitrogens is 2. The Morgan fingerprint density at radius 3 is 2.71 bits per heavy atom. The average Bonchev–Trinajstić information content (AvgIpc) is 2.53. The van der Waals surface area contributed by atoms with E-state index < -0.39 is 5.60 Å². The summed E-state index contributed by atoms with van der Waals surface area (Å²) in [5.41, 5.74) is 0.194. The smallest absolute Gasteiger partial charge is 0.0898 e. The molecule has 1 unspecified atom stereocenters. The van der Waals surface area contributed by atoms with Gasteiger partial charge in [-0.2, -0.15) is 5.10 Å². The van der Waals surface area contributed by atoms with E-state index in [0.717, 1.165) is 18.4 Å². The molecule has 1 aromatic rings. The van der Waals surface area contributed by atoms with E-state index in [2.05, 4.69) is 12.0 Å². The molecule has 0 saturated heterocycles. The zero-order chi connectivity index (χ0) is 10.6. The van der Waals surface area contributed by atoms with Crippen LogP contribution in [0.4, 0.5) is 0 Å². The van der Waals surface area contributed by atoms with Crippen molar-refractivity contribution >= 4 is 0 Å². The van der Waals surface area contributed by atoms with Crippen LogP contribution >= 0.6 is 0 Å². The Labute approximate surface area is 85.8 Å². The third-order valence-corrected chi connectivity index (χ3v) is 2.59. The van der Waals surface area contributed by atoms with E-state index in [0.29, 0.717) is 0 Å². The van der Waals surface area contributed by atoms with Crippen molar-refractivity contribution < 1.29 is 5.11 Å². The molecule has 3 nitrogen and oxygen atoms in total. The highest BCUT2D eigenvalue weighted by Gasteiger charge is 2.23. The third-order valence-electron chi connectivity index (χ3n) is 2.59. The summed E-state index contributed by atoms with van der Waals surface area (Å²) in [7, 11) is 1.87. The first-order valence-corrected chi connectivity index (χ1v) is 5.28. The van der Waals surface area contributed by atoms with E-state index in [1.807, 2.05) is 20.2 Å². The molecule has 0 aliphatic rings. The van der Waals surface area contributed by atoms with Gasteiger partial charge >= 0.3 is 0 Å². The number of nitrogens with zero attached hydrogens (tertiary/aromatic N) is 2. The molecule has 0 spiro atoms. The van der Waals surface area contributed by atoms with E-state index in [9.17, 15) is 5.11 Å². The normalized spacial score (nSPS) is 15.4. The molecule has 14 heavy (non-hydrogen) atoms. The standard InChI is InChI=1S/C11H20N2O/c1-4-5-6-7-11(2,14)10-8-12-13(3)9-10/h8-9,14H,4-7H2,1-3H3. The first kappa shape index (κ1) is 11.2. The first-order chi connectivity index (χ1) is 6.56. The minimum absolute atomic E-state index is 0.719. The van der Waals surface area contributed by atoms with Crippen molar-refractivity contribution in [2.75, 3.05) is 0 Å². The van der Waals surface area contributed by atoms with Crippen LogP contribution < -0.4 is 0 Å². The number of rotatable bonds is 5. The second-order valence-corrected chi connectivity index (χ2v) is 4.13. The molecule has 1 rings (SSSR count). The quantitative estimate of drug-likeness (QED) is 0.733. The predicted octanol–water partition coefficient (Wildman–Crippen LogP) is 2.21. The summed E-state index contributed by atoms with van der Waals surface area (Å²) in [6.07, 6.45) is 7.86. The molecule has 0 aromatic carbocycles. The highest BCUT2D eigenvalue weighted by atomic mass is 16.3. The Bertz CT molecular complexity index is 279. The molecule has 0 amide bonds. The summed E-state index contributed by atoms with van der Waals surface area (Å²) in [4.78, 5) is 0.